The van der Waals surface area contributed by atoms with Gasteiger partial charge in [0.05, 0.1) is 11.3 Å². The van der Waals surface area contributed by atoms with Gasteiger partial charge in [0.15, 0.2) is 0 Å². The van der Waals surface area contributed by atoms with Gasteiger partial charge < -0.3 is 10.8 Å². The van der Waals surface area contributed by atoms with Crippen molar-refractivity contribution in [3.63, 3.8) is 0 Å². The van der Waals surface area contributed by atoms with Gasteiger partial charge in [-0.15, -0.1) is 0 Å². The van der Waals surface area contributed by atoms with Crippen LogP contribution < -0.4 is 5.73 Å². The van der Waals surface area contributed by atoms with E-state index in [1.54, 1.807) is 18.5 Å². The van der Waals surface area contributed by atoms with Crippen molar-refractivity contribution in [3.05, 3.63) is 35.9 Å². The summed E-state index contributed by atoms with van der Waals surface area (Å²) in [6, 6.07) is 9.52. The third-order valence-corrected chi connectivity index (χ3v) is 2.80. The number of hydrogen-bond donors (Lipinski definition) is 2. The Labute approximate surface area is 101 Å². The Kier molecular flexibility index (Phi) is 2.67. The first-order valence-corrected chi connectivity index (χ1v) is 5.51. The fourth-order valence-electron chi connectivity index (χ4n) is 1.67. The first-order chi connectivity index (χ1) is 7.88. The highest BCUT2D eigenvalue weighted by Crippen LogP contribution is 2.24. The molecule has 0 saturated heterocycles. The Morgan fingerprint density at radius 2 is 1.82 bits per heavy atom. The Balaban J connectivity index is 2.36. The van der Waals surface area contributed by atoms with Crippen molar-refractivity contribution < 1.29 is 5.11 Å². The first-order valence-electron chi connectivity index (χ1n) is 5.51. The number of nitrogen functional groups attached to an aromatic ring is 1. The fraction of sp³-hybridized carbons (Fsp3) is 0.308. The molecule has 90 valence electrons. The number of hydrogen-bond acceptors (Lipinski definition) is 3. The van der Waals surface area contributed by atoms with E-state index in [0.717, 1.165) is 16.8 Å². The zero-order chi connectivity index (χ0) is 12.6. The number of nitrogens with two attached hydrogens (primary N) is 1. The second kappa shape index (κ2) is 3.89. The molecule has 4 nitrogen and oxygen atoms in total. The average molecular weight is 231 g/mol. The van der Waals surface area contributed by atoms with E-state index in [1.165, 1.54) is 0 Å². The number of aryl methyl sites for hydroxylation is 1. The van der Waals surface area contributed by atoms with Crippen LogP contribution in [-0.2, 0) is 12.6 Å². The molecule has 2 rings (SSSR count). The molecule has 1 heterocycles. The zero-order valence-corrected chi connectivity index (χ0v) is 10.3. The molecule has 3 N–H and O–H groups in total. The summed E-state index contributed by atoms with van der Waals surface area (Å²) in [5.74, 6) is 0.631. The zero-order valence-electron chi connectivity index (χ0n) is 10.3. The van der Waals surface area contributed by atoms with Crippen LogP contribution in [0.15, 0.2) is 30.3 Å². The maximum atomic E-state index is 9.86. The van der Waals surface area contributed by atoms with E-state index in [9.17, 15) is 5.11 Å². The van der Waals surface area contributed by atoms with Gasteiger partial charge in [-0.1, -0.05) is 24.3 Å². The molecule has 1 aromatic carbocycles. The lowest BCUT2D eigenvalue weighted by molar-refractivity contribution is 0.0786. The molecule has 1 aromatic heterocycles. The van der Waals surface area contributed by atoms with Crippen molar-refractivity contribution in [2.45, 2.75) is 19.4 Å². The second-order valence-corrected chi connectivity index (χ2v) is 4.71. The van der Waals surface area contributed by atoms with Gasteiger partial charge in [-0.05, 0) is 19.4 Å². The smallest absolute Gasteiger partial charge is 0.121 e. The minimum Gasteiger partial charge on any atom is -0.386 e. The lowest BCUT2D eigenvalue weighted by atomic mass is 9.97. The summed E-state index contributed by atoms with van der Waals surface area (Å²) in [7, 11) is 1.81. The van der Waals surface area contributed by atoms with Gasteiger partial charge >= 0.3 is 0 Å². The summed E-state index contributed by atoms with van der Waals surface area (Å²) >= 11 is 0. The summed E-state index contributed by atoms with van der Waals surface area (Å²) < 4.78 is 1.64. The van der Waals surface area contributed by atoms with Crippen molar-refractivity contribution in [1.82, 2.24) is 9.78 Å². The number of nitrogens with zero attached hydrogens (tertiary/aromatic N) is 2. The van der Waals surface area contributed by atoms with Crippen molar-refractivity contribution in [2.24, 2.45) is 7.05 Å². The van der Waals surface area contributed by atoms with Crippen LogP contribution in [0.25, 0.3) is 11.3 Å². The minimum atomic E-state index is -0.818. The van der Waals surface area contributed by atoms with E-state index < -0.39 is 5.60 Å². The highest BCUT2D eigenvalue weighted by molar-refractivity contribution is 5.62. The second-order valence-electron chi connectivity index (χ2n) is 4.71. The summed E-state index contributed by atoms with van der Waals surface area (Å²) in [6.07, 6.45) is 0. The maximum absolute atomic E-state index is 9.86. The summed E-state index contributed by atoms with van der Waals surface area (Å²) in [4.78, 5) is 0. The molecule has 0 atom stereocenters. The van der Waals surface area contributed by atoms with Gasteiger partial charge in [0.25, 0.3) is 0 Å². The normalized spacial score (nSPS) is 11.8. The van der Waals surface area contributed by atoms with Crippen LogP contribution in [0.3, 0.4) is 0 Å². The van der Waals surface area contributed by atoms with Crippen LogP contribution >= 0.6 is 0 Å². The molecule has 0 amide bonds. The quantitative estimate of drug-likeness (QED) is 0.829. The van der Waals surface area contributed by atoms with E-state index in [2.05, 4.69) is 5.10 Å². The third kappa shape index (κ3) is 2.31. The number of anilines is 1. The molecule has 0 saturated carbocycles. The Morgan fingerprint density at radius 1 is 1.24 bits per heavy atom. The summed E-state index contributed by atoms with van der Waals surface area (Å²) in [6.45, 7) is 3.53. The van der Waals surface area contributed by atoms with E-state index in [-0.39, 0.29) is 0 Å². The molecule has 0 aliphatic carbocycles. The molecule has 0 bridgehead atoms. The monoisotopic (exact) mass is 231 g/mol. The molecule has 4 heteroatoms. The van der Waals surface area contributed by atoms with Crippen molar-refractivity contribution in [1.29, 1.82) is 0 Å². The number of benzene rings is 1. The molecule has 0 fully saturated rings. The van der Waals surface area contributed by atoms with E-state index in [4.69, 9.17) is 5.73 Å². The number of aliphatic hydroxyl groups is 1. The average Bonchev–Trinajstić information content (AvgIpc) is 2.58. The Bertz CT molecular complexity index is 501. The Hall–Kier alpha value is -1.81. The van der Waals surface area contributed by atoms with E-state index in [0.29, 0.717) is 5.82 Å². The van der Waals surface area contributed by atoms with Gasteiger partial charge in [-0.3, -0.25) is 4.68 Å². The first kappa shape index (κ1) is 11.7. The van der Waals surface area contributed by atoms with Crippen LogP contribution in [0.5, 0.6) is 0 Å². The molecular formula is C13H17N3O. The fourth-order valence-corrected chi connectivity index (χ4v) is 1.67. The van der Waals surface area contributed by atoms with Crippen LogP contribution in [0, 0.1) is 0 Å². The van der Waals surface area contributed by atoms with E-state index >= 15 is 0 Å². The molecule has 0 radical (unpaired) electrons. The summed E-state index contributed by atoms with van der Waals surface area (Å²) in [5.41, 5.74) is 7.63. The minimum absolute atomic E-state index is 0.631. The maximum Gasteiger partial charge on any atom is 0.121 e. The van der Waals surface area contributed by atoms with Crippen LogP contribution in [0.1, 0.15) is 19.4 Å². The Morgan fingerprint density at radius 3 is 2.24 bits per heavy atom. The van der Waals surface area contributed by atoms with Gasteiger partial charge in [0.1, 0.15) is 5.82 Å². The SMILES string of the molecule is Cn1nc(-c2ccc(C(C)(C)O)cc2)cc1N. The van der Waals surface area contributed by atoms with Crippen LogP contribution in [0.2, 0.25) is 0 Å². The summed E-state index contributed by atoms with van der Waals surface area (Å²) in [5, 5.41) is 14.2. The van der Waals surface area contributed by atoms with Crippen LogP contribution in [-0.4, -0.2) is 14.9 Å². The predicted octanol–water partition coefficient (Wildman–Crippen LogP) is 1.90. The largest absolute Gasteiger partial charge is 0.386 e. The van der Waals surface area contributed by atoms with Crippen molar-refractivity contribution in [2.75, 3.05) is 5.73 Å². The van der Waals surface area contributed by atoms with Crippen molar-refractivity contribution >= 4 is 5.82 Å². The lowest BCUT2D eigenvalue weighted by Crippen LogP contribution is -2.14. The molecule has 17 heavy (non-hydrogen) atoms. The lowest BCUT2D eigenvalue weighted by Gasteiger charge is -2.17. The van der Waals surface area contributed by atoms with Gasteiger partial charge in [0.2, 0.25) is 0 Å². The highest BCUT2D eigenvalue weighted by atomic mass is 16.3. The molecule has 0 unspecified atom stereocenters. The van der Waals surface area contributed by atoms with Crippen LogP contribution in [0.4, 0.5) is 5.82 Å². The molecule has 0 aliphatic heterocycles. The van der Waals surface area contributed by atoms with E-state index in [1.807, 2.05) is 37.4 Å². The molecular weight excluding hydrogens is 214 g/mol. The number of rotatable bonds is 2. The van der Waals surface area contributed by atoms with Crippen molar-refractivity contribution in [3.8, 4) is 11.3 Å². The molecule has 0 aliphatic rings. The molecule has 2 aromatic rings. The topological polar surface area (TPSA) is 64.1 Å². The third-order valence-electron chi connectivity index (χ3n) is 2.80. The standard InChI is InChI=1S/C13H17N3O/c1-13(2,17)10-6-4-9(5-7-10)11-8-12(14)16(3)15-11/h4-8,17H,14H2,1-3H3. The van der Waals surface area contributed by atoms with Gasteiger partial charge in [0, 0.05) is 18.7 Å². The van der Waals surface area contributed by atoms with Gasteiger partial charge in [-0.25, -0.2) is 0 Å². The predicted molar refractivity (Wildman–Crippen MR) is 68.3 cm³/mol. The highest BCUT2D eigenvalue weighted by Gasteiger charge is 2.15. The van der Waals surface area contributed by atoms with Gasteiger partial charge in [-0.2, -0.15) is 5.10 Å². The molecule has 0 spiro atoms. The number of aromatic nitrogens is 2.